The third-order valence-corrected chi connectivity index (χ3v) is 7.61. The molecule has 2 aromatic rings. The van der Waals surface area contributed by atoms with Gasteiger partial charge in [0.15, 0.2) is 23.0 Å². The number of carbonyl (C=O) groups is 1. The zero-order chi connectivity index (χ0) is 27.4. The molecule has 1 fully saturated rings. The topological polar surface area (TPSA) is 81.7 Å². The van der Waals surface area contributed by atoms with Crippen LogP contribution >= 0.6 is 23.2 Å². The summed E-state index contributed by atoms with van der Waals surface area (Å²) in [5.74, 6) is 1.83. The van der Waals surface area contributed by atoms with E-state index in [9.17, 15) is 4.79 Å². The first-order chi connectivity index (χ1) is 18.1. The molecule has 0 aromatic heterocycles. The second kappa shape index (κ2) is 9.97. The second-order valence-electron chi connectivity index (χ2n) is 10.5. The van der Waals surface area contributed by atoms with Crippen molar-refractivity contribution in [3.05, 3.63) is 51.2 Å². The molecule has 5 rings (SSSR count). The quantitative estimate of drug-likeness (QED) is 0.401. The number of ether oxygens (including phenoxy) is 7. The molecule has 3 aliphatic rings. The Morgan fingerprint density at radius 3 is 2.03 bits per heavy atom. The predicted molar refractivity (Wildman–Crippen MR) is 140 cm³/mol. The molecule has 1 aliphatic carbocycles. The second-order valence-corrected chi connectivity index (χ2v) is 11.4. The molecule has 204 valence electrons. The predicted octanol–water partition coefficient (Wildman–Crippen LogP) is 6.13. The third kappa shape index (κ3) is 4.37. The van der Waals surface area contributed by atoms with Gasteiger partial charge in [0, 0.05) is 23.3 Å². The van der Waals surface area contributed by atoms with Gasteiger partial charge in [-0.1, -0.05) is 23.2 Å². The maximum atomic E-state index is 13.1. The minimum atomic E-state index is -0.707. The molecular weight excluding hydrogens is 535 g/mol. The number of fused-ring (bicyclic) bond motifs is 3. The molecule has 0 unspecified atom stereocenters. The van der Waals surface area contributed by atoms with Crippen LogP contribution in [0.2, 0.25) is 0 Å². The summed E-state index contributed by atoms with van der Waals surface area (Å²) in [5.41, 5.74) is 1.83. The summed E-state index contributed by atoms with van der Waals surface area (Å²) in [6.07, 6.45) is -0.625. The number of allylic oxidation sites excluding steroid dienone is 1. The monoisotopic (exact) mass is 564 g/mol. The standard InChI is InChI=1S/C28H30Cl2O8/c1-28(2,3)27(31)38-23-15-10-18-17(36-12-37-18)9-14(15)21(22-16(23)11-35-25(22)26(29)30)13-7-19(32-4)24(34-6)20(8-13)33-5/h7-10,16,21-23H,11-12H2,1-6H3/t16-,21+,22-,23-/m0/s1. The van der Waals surface area contributed by atoms with Crippen molar-refractivity contribution in [2.24, 2.45) is 17.3 Å². The van der Waals surface area contributed by atoms with Crippen LogP contribution < -0.4 is 23.7 Å². The molecule has 0 N–H and O–H groups in total. The van der Waals surface area contributed by atoms with E-state index in [1.54, 1.807) is 21.3 Å². The first-order valence-electron chi connectivity index (χ1n) is 12.2. The van der Waals surface area contributed by atoms with Crippen LogP contribution in [0.25, 0.3) is 0 Å². The Morgan fingerprint density at radius 1 is 0.895 bits per heavy atom. The molecule has 10 heteroatoms. The fourth-order valence-electron chi connectivity index (χ4n) is 5.46. The molecule has 38 heavy (non-hydrogen) atoms. The van der Waals surface area contributed by atoms with Crippen molar-refractivity contribution >= 4 is 29.2 Å². The van der Waals surface area contributed by atoms with E-state index in [4.69, 9.17) is 56.4 Å². The van der Waals surface area contributed by atoms with Crippen LogP contribution in [0.1, 0.15) is 49.5 Å². The van der Waals surface area contributed by atoms with E-state index in [0.29, 0.717) is 34.5 Å². The number of rotatable bonds is 5. The molecule has 0 amide bonds. The molecular formula is C28H30Cl2O8. The van der Waals surface area contributed by atoms with Gasteiger partial charge in [0.25, 0.3) is 0 Å². The van der Waals surface area contributed by atoms with Gasteiger partial charge in [-0.05, 0) is 56.2 Å². The number of esters is 1. The van der Waals surface area contributed by atoms with Crippen LogP contribution in [0.5, 0.6) is 28.7 Å². The van der Waals surface area contributed by atoms with Crippen LogP contribution in [0, 0.1) is 17.3 Å². The highest BCUT2D eigenvalue weighted by Gasteiger charge is 2.53. The van der Waals surface area contributed by atoms with Crippen molar-refractivity contribution in [1.82, 2.24) is 0 Å². The van der Waals surface area contributed by atoms with Crippen LogP contribution in [0.15, 0.2) is 34.5 Å². The van der Waals surface area contributed by atoms with Crippen molar-refractivity contribution in [3.63, 3.8) is 0 Å². The molecule has 4 atom stereocenters. The largest absolute Gasteiger partial charge is 0.495 e. The van der Waals surface area contributed by atoms with Crippen LogP contribution in [-0.2, 0) is 14.3 Å². The van der Waals surface area contributed by atoms with Crippen molar-refractivity contribution < 1.29 is 38.0 Å². The van der Waals surface area contributed by atoms with Gasteiger partial charge in [0.05, 0.1) is 33.4 Å². The summed E-state index contributed by atoms with van der Waals surface area (Å²) in [4.78, 5) is 13.1. The summed E-state index contributed by atoms with van der Waals surface area (Å²) in [7, 11) is 4.69. The van der Waals surface area contributed by atoms with Crippen LogP contribution in [0.3, 0.4) is 0 Å². The van der Waals surface area contributed by atoms with E-state index in [2.05, 4.69) is 0 Å². The van der Waals surface area contributed by atoms with Gasteiger partial charge in [-0.15, -0.1) is 0 Å². The Kier molecular flexibility index (Phi) is 6.99. The van der Waals surface area contributed by atoms with Gasteiger partial charge in [-0.2, -0.15) is 0 Å². The zero-order valence-electron chi connectivity index (χ0n) is 22.1. The summed E-state index contributed by atoms with van der Waals surface area (Å²) in [6, 6.07) is 7.62. The SMILES string of the molecule is COc1cc([C@@H]2c3cc4c(cc3[C@H](OC(=O)C(C)(C)C)[C@H]3COC(=C(Cl)Cl)[C@H]23)OCO4)cc(OC)c1OC. The lowest BCUT2D eigenvalue weighted by molar-refractivity contribution is -0.163. The van der Waals surface area contributed by atoms with Gasteiger partial charge < -0.3 is 33.2 Å². The van der Waals surface area contributed by atoms with Crippen molar-refractivity contribution in [2.45, 2.75) is 32.8 Å². The number of hydrogen-bond acceptors (Lipinski definition) is 8. The van der Waals surface area contributed by atoms with E-state index in [1.807, 2.05) is 45.0 Å². The maximum absolute atomic E-state index is 13.1. The average Bonchev–Trinajstić information content (AvgIpc) is 3.53. The van der Waals surface area contributed by atoms with Crippen molar-refractivity contribution in [2.75, 3.05) is 34.7 Å². The van der Waals surface area contributed by atoms with Gasteiger partial charge in [0.1, 0.15) is 16.4 Å². The van der Waals surface area contributed by atoms with E-state index >= 15 is 0 Å². The molecule has 2 heterocycles. The van der Waals surface area contributed by atoms with Crippen molar-refractivity contribution in [3.8, 4) is 28.7 Å². The number of benzene rings is 2. The fraction of sp³-hybridized carbons (Fsp3) is 0.464. The highest BCUT2D eigenvalue weighted by Crippen LogP contribution is 2.59. The fourth-order valence-corrected chi connectivity index (χ4v) is 5.82. The molecule has 2 aromatic carbocycles. The highest BCUT2D eigenvalue weighted by molar-refractivity contribution is 6.56. The first kappa shape index (κ1) is 26.6. The molecule has 8 nitrogen and oxygen atoms in total. The average molecular weight is 565 g/mol. The van der Waals surface area contributed by atoms with Crippen LogP contribution in [-0.4, -0.2) is 40.7 Å². The van der Waals surface area contributed by atoms with E-state index in [0.717, 1.165) is 16.7 Å². The zero-order valence-corrected chi connectivity index (χ0v) is 23.6. The Labute approximate surface area is 231 Å². The maximum Gasteiger partial charge on any atom is 0.311 e. The number of halogens is 2. The van der Waals surface area contributed by atoms with Gasteiger partial charge >= 0.3 is 5.97 Å². The van der Waals surface area contributed by atoms with Gasteiger partial charge in [-0.25, -0.2) is 0 Å². The lowest BCUT2D eigenvalue weighted by atomic mass is 9.65. The minimum Gasteiger partial charge on any atom is -0.495 e. The lowest BCUT2D eigenvalue weighted by Crippen LogP contribution is -2.37. The minimum absolute atomic E-state index is 0.0278. The smallest absolute Gasteiger partial charge is 0.311 e. The van der Waals surface area contributed by atoms with E-state index in [1.165, 1.54) is 0 Å². The number of carbonyl (C=O) groups excluding carboxylic acids is 1. The molecule has 0 saturated carbocycles. The Bertz CT molecular complexity index is 1270. The van der Waals surface area contributed by atoms with Crippen LogP contribution in [0.4, 0.5) is 0 Å². The highest BCUT2D eigenvalue weighted by atomic mass is 35.5. The number of hydrogen-bond donors (Lipinski definition) is 0. The Morgan fingerprint density at radius 2 is 1.50 bits per heavy atom. The summed E-state index contributed by atoms with van der Waals surface area (Å²) in [6.45, 7) is 5.83. The lowest BCUT2D eigenvalue weighted by Gasteiger charge is -2.40. The van der Waals surface area contributed by atoms with Gasteiger partial charge in [0.2, 0.25) is 12.5 Å². The summed E-state index contributed by atoms with van der Waals surface area (Å²) in [5, 5.41) is 0. The van der Waals surface area contributed by atoms with E-state index in [-0.39, 0.29) is 41.6 Å². The molecule has 0 spiro atoms. The Hall–Kier alpha value is -2.97. The molecule has 0 bridgehead atoms. The first-order valence-corrected chi connectivity index (χ1v) is 13.0. The van der Waals surface area contributed by atoms with E-state index < -0.39 is 11.5 Å². The third-order valence-electron chi connectivity index (χ3n) is 7.24. The summed E-state index contributed by atoms with van der Waals surface area (Å²) < 4.78 is 40.6. The summed E-state index contributed by atoms with van der Waals surface area (Å²) >= 11 is 12.7. The van der Waals surface area contributed by atoms with Gasteiger partial charge in [-0.3, -0.25) is 4.79 Å². The Balaban J connectivity index is 1.77. The normalized spacial score (nSPS) is 23.2. The van der Waals surface area contributed by atoms with Crippen molar-refractivity contribution in [1.29, 1.82) is 0 Å². The number of methoxy groups -OCH3 is 3. The molecule has 2 aliphatic heterocycles. The molecule has 1 saturated heterocycles. The molecule has 0 radical (unpaired) electrons.